The Hall–Kier alpha value is -7.86. The van der Waals surface area contributed by atoms with Crippen molar-refractivity contribution >= 4 is 84.4 Å². The molecule has 424 valence electrons. The molecule has 0 aliphatic rings. The van der Waals surface area contributed by atoms with E-state index in [1.165, 1.54) is 24.3 Å². The van der Waals surface area contributed by atoms with Gasteiger partial charge in [-0.2, -0.15) is 0 Å². The summed E-state index contributed by atoms with van der Waals surface area (Å²) < 4.78 is 31.9. The van der Waals surface area contributed by atoms with Crippen LogP contribution in [0.3, 0.4) is 0 Å². The summed E-state index contributed by atoms with van der Waals surface area (Å²) in [6.45, 7) is 8.31. The van der Waals surface area contributed by atoms with Gasteiger partial charge in [0.25, 0.3) is 11.8 Å². The van der Waals surface area contributed by atoms with E-state index >= 15 is 0 Å². The van der Waals surface area contributed by atoms with Crippen molar-refractivity contribution in [3.05, 3.63) is 204 Å². The first-order chi connectivity index (χ1) is 39.3. The van der Waals surface area contributed by atoms with Crippen molar-refractivity contribution in [2.45, 2.75) is 103 Å². The Bertz CT molecular complexity index is 3270. The van der Waals surface area contributed by atoms with Crippen molar-refractivity contribution in [2.75, 3.05) is 10.6 Å². The molecule has 83 heavy (non-hydrogen) atoms. The number of aliphatic hydroxyl groups is 2. The van der Waals surface area contributed by atoms with Crippen LogP contribution in [0, 0.1) is 11.6 Å². The summed E-state index contributed by atoms with van der Waals surface area (Å²) in [5.41, 5.74) is 9.19. The summed E-state index contributed by atoms with van der Waals surface area (Å²) in [5.74, 6) is -5.94. The number of ketones is 2. The van der Waals surface area contributed by atoms with Crippen molar-refractivity contribution in [1.82, 2.24) is 9.13 Å². The molecule has 2 amide bonds. The molecule has 2 atom stereocenters. The number of aromatic nitrogens is 2. The van der Waals surface area contributed by atoms with Gasteiger partial charge in [0.05, 0.1) is 34.7 Å². The largest absolute Gasteiger partial charge is 2.00 e. The Morgan fingerprint density at radius 2 is 0.759 bits per heavy atom. The molecule has 0 unspecified atom stereocenters. The Morgan fingerprint density at radius 1 is 0.458 bits per heavy atom. The van der Waals surface area contributed by atoms with Crippen molar-refractivity contribution < 1.29 is 58.0 Å². The number of hydrogen-bond acceptors (Lipinski definition) is 10. The molecule has 0 spiro atoms. The maximum Gasteiger partial charge on any atom is 2.00 e. The molecule has 0 saturated carbocycles. The Morgan fingerprint density at radius 3 is 1.05 bits per heavy atom. The zero-order chi connectivity index (χ0) is 59.0. The first-order valence-corrected chi connectivity index (χ1v) is 27.0. The molecule has 0 fully saturated rings. The minimum Gasteiger partial charge on any atom is -0.550 e. The minimum atomic E-state index is -1.49. The van der Waals surface area contributed by atoms with Gasteiger partial charge in [-0.3, -0.25) is 19.2 Å². The number of para-hydroxylation sites is 2. The summed E-state index contributed by atoms with van der Waals surface area (Å²) in [6, 6.07) is 49.1. The number of rotatable bonds is 24. The number of carbonyl (C=O) groups is 6. The van der Waals surface area contributed by atoms with Crippen molar-refractivity contribution in [2.24, 2.45) is 0 Å². The van der Waals surface area contributed by atoms with Gasteiger partial charge in [-0.1, -0.05) is 125 Å². The Balaban J connectivity index is 0.000000263. The normalized spacial score (nSPS) is 11.7. The van der Waals surface area contributed by atoms with E-state index in [-0.39, 0.29) is 100 Å². The van der Waals surface area contributed by atoms with Crippen LogP contribution < -0.4 is 20.8 Å². The number of aliphatic carboxylic acids is 2. The second-order valence-corrected chi connectivity index (χ2v) is 20.4. The molecule has 2 aromatic heterocycles. The average Bonchev–Trinajstić information content (AvgIpc) is 3.14. The predicted molar refractivity (Wildman–Crippen MR) is 313 cm³/mol. The quantitative estimate of drug-likeness (QED) is 0.0331. The van der Waals surface area contributed by atoms with Crippen LogP contribution in [-0.4, -0.2) is 105 Å². The van der Waals surface area contributed by atoms with E-state index < -0.39 is 60.2 Å². The number of carboxylic acid groups (broad SMARTS) is 2. The average molecular weight is 1150 g/mol. The first-order valence-electron chi connectivity index (χ1n) is 27.0. The van der Waals surface area contributed by atoms with E-state index in [4.69, 9.17) is 0 Å². The van der Waals surface area contributed by atoms with E-state index in [0.717, 1.165) is 11.1 Å². The predicted octanol–water partition coefficient (Wildman–Crippen LogP) is 9.99. The fraction of sp³-hybridized carbons (Fsp3) is 0.242. The van der Waals surface area contributed by atoms with Gasteiger partial charge < -0.3 is 49.8 Å². The molecular formula is C66H64CaF2N4O10. The second-order valence-electron chi connectivity index (χ2n) is 20.4. The zero-order valence-electron chi connectivity index (χ0n) is 46.6. The first kappa shape index (κ1) is 64.3. The molecular weight excluding hydrogens is 1090 g/mol. The molecule has 0 aliphatic heterocycles. The van der Waals surface area contributed by atoms with Gasteiger partial charge in [-0.25, -0.2) is 8.78 Å². The number of aliphatic hydroxyl groups excluding tert-OH is 2. The number of benzene rings is 6. The number of carbonyl (C=O) groups excluding carboxylic acids is 6. The van der Waals surface area contributed by atoms with E-state index in [1.54, 1.807) is 48.5 Å². The number of anilines is 2. The smallest absolute Gasteiger partial charge is 0.550 e. The fourth-order valence-corrected chi connectivity index (χ4v) is 10.2. The molecule has 0 bridgehead atoms. The molecule has 4 N–H and O–H groups in total. The van der Waals surface area contributed by atoms with Crippen molar-refractivity contribution in [3.63, 3.8) is 0 Å². The van der Waals surface area contributed by atoms with E-state index in [9.17, 15) is 58.0 Å². The van der Waals surface area contributed by atoms with Gasteiger partial charge in [0.15, 0.2) is 0 Å². The molecule has 6 aromatic carbocycles. The van der Waals surface area contributed by atoms with Crippen LogP contribution in [0.2, 0.25) is 0 Å². The van der Waals surface area contributed by atoms with Crippen molar-refractivity contribution in [1.29, 1.82) is 0 Å². The summed E-state index contributed by atoms with van der Waals surface area (Å²) in [4.78, 5) is 73.7. The number of nitrogens with zero attached hydrogens (tertiary/aromatic N) is 2. The third-order valence-electron chi connectivity index (χ3n) is 13.6. The van der Waals surface area contributed by atoms with Crippen LogP contribution >= 0.6 is 0 Å². The molecule has 8 rings (SSSR count). The number of amides is 2. The molecule has 0 radical (unpaired) electrons. The Kier molecular flexibility index (Phi) is 23.6. The van der Waals surface area contributed by atoms with Crippen LogP contribution in [0.15, 0.2) is 170 Å². The second kappa shape index (κ2) is 30.4. The van der Waals surface area contributed by atoms with E-state index in [2.05, 4.69) is 10.6 Å². The molecule has 0 aliphatic carbocycles. The zero-order valence-corrected chi connectivity index (χ0v) is 48.9. The molecule has 0 saturated heterocycles. The summed E-state index contributed by atoms with van der Waals surface area (Å²) in [5, 5.41) is 48.9. The summed E-state index contributed by atoms with van der Waals surface area (Å²) in [7, 11) is 0. The van der Waals surface area contributed by atoms with Crippen LogP contribution in [0.5, 0.6) is 0 Å². The summed E-state index contributed by atoms with van der Waals surface area (Å²) >= 11 is 0. The minimum absolute atomic E-state index is 0. The SMILES string of the molecule is CC(C)c1c(C(=O)Nc2ccccc2)c(-c2ccccc2)c(-c2ccc(F)cc2)n1CC[C@@H](O)CC(=O)CC(=O)[O-].CC(C)c1c(C(=O)Nc2ccccc2)c(-c2ccccc2)c(-c2ccc(F)cc2)n1CC[C@@H](O)CC(=O)CC(=O)[O-].[Ca+2]. The fourth-order valence-electron chi connectivity index (χ4n) is 10.2. The van der Waals surface area contributed by atoms with E-state index in [1.807, 2.05) is 134 Å². The monoisotopic (exact) mass is 1150 g/mol. The van der Waals surface area contributed by atoms with Crippen LogP contribution in [-0.2, 0) is 32.3 Å². The maximum absolute atomic E-state index is 14.0. The standard InChI is InChI=1S/2C33H33FN2O5.Ca/c2*1-21(2)31-30(33(41)35-25-11-7-4-8-12-25)29(22-9-5-3-6-10-22)32(23-13-15-24(34)16-14-23)36(31)18-17-26(37)19-27(38)20-28(39)40;/h2*3-16,21,26,37H,17-20H2,1-2H3,(H,35,41)(H,39,40);/q;;+2/p-2/t2*26-;/m11./s1. The van der Waals surface area contributed by atoms with Gasteiger partial charge in [-0.05, 0) is 120 Å². The number of hydrogen-bond donors (Lipinski definition) is 4. The van der Waals surface area contributed by atoms with Gasteiger partial charge in [0.2, 0.25) is 0 Å². The van der Waals surface area contributed by atoms with Gasteiger partial charge in [0, 0.05) is 84.6 Å². The number of nitrogens with one attached hydrogen (secondary N) is 2. The third kappa shape index (κ3) is 17.1. The Labute approximate surface area is 510 Å². The van der Waals surface area contributed by atoms with Gasteiger partial charge in [0.1, 0.15) is 23.2 Å². The summed E-state index contributed by atoms with van der Waals surface area (Å²) in [6.07, 6.45) is -4.15. The van der Waals surface area contributed by atoms with Crippen LogP contribution in [0.25, 0.3) is 44.8 Å². The molecule has 14 nitrogen and oxygen atoms in total. The van der Waals surface area contributed by atoms with Crippen LogP contribution in [0.4, 0.5) is 20.2 Å². The van der Waals surface area contributed by atoms with Gasteiger partial charge in [-0.15, -0.1) is 0 Å². The van der Waals surface area contributed by atoms with Crippen LogP contribution in [0.1, 0.15) is 110 Å². The number of carboxylic acids is 2. The molecule has 17 heteroatoms. The molecule has 8 aromatic rings. The topological polar surface area (TPSA) is 223 Å². The number of Topliss-reactive ketones (excluding diaryl/α,β-unsaturated/α-hetero) is 2. The van der Waals surface area contributed by atoms with Gasteiger partial charge >= 0.3 is 37.7 Å². The maximum atomic E-state index is 14.0. The number of halogens is 2. The van der Waals surface area contributed by atoms with Crippen molar-refractivity contribution in [3.8, 4) is 44.8 Å². The third-order valence-corrected chi connectivity index (χ3v) is 13.6. The van der Waals surface area contributed by atoms with E-state index in [0.29, 0.717) is 67.5 Å². The molecule has 2 heterocycles.